The molecule has 2 aromatic carbocycles. The number of carbonyl (C=O) groups excluding carboxylic acids is 1. The summed E-state index contributed by atoms with van der Waals surface area (Å²) in [6.07, 6.45) is 0. The van der Waals surface area contributed by atoms with E-state index >= 15 is 0 Å². The van der Waals surface area contributed by atoms with Crippen LogP contribution in [0, 0.1) is 19.8 Å². The molecule has 0 N–H and O–H groups in total. The van der Waals surface area contributed by atoms with Crippen molar-refractivity contribution in [1.29, 1.82) is 0 Å². The molecule has 0 fully saturated rings. The SMILES string of the molecule is COc1ccc(-n2c(C)cc(C(=O)CSc3nc4ccccc4c(=O)n3CC(C)C)c2C)cc1. The maximum atomic E-state index is 13.2. The van der Waals surface area contributed by atoms with Crippen LogP contribution in [0.3, 0.4) is 0 Å². The predicted molar refractivity (Wildman–Crippen MR) is 138 cm³/mol. The van der Waals surface area contributed by atoms with E-state index in [4.69, 9.17) is 9.72 Å². The van der Waals surface area contributed by atoms with Gasteiger partial charge in [-0.1, -0.05) is 37.7 Å². The van der Waals surface area contributed by atoms with Crippen molar-refractivity contribution in [2.75, 3.05) is 12.9 Å². The molecule has 0 radical (unpaired) electrons. The molecule has 0 unspecified atom stereocenters. The number of carbonyl (C=O) groups is 1. The third kappa shape index (κ3) is 4.66. The molecule has 0 aliphatic heterocycles. The molecule has 0 bridgehead atoms. The molecule has 0 saturated heterocycles. The first-order valence-electron chi connectivity index (χ1n) is 11.3. The molecule has 0 aliphatic rings. The molecule has 34 heavy (non-hydrogen) atoms. The zero-order valence-electron chi connectivity index (χ0n) is 20.2. The Morgan fingerprint density at radius 3 is 2.47 bits per heavy atom. The van der Waals surface area contributed by atoms with Crippen LogP contribution in [0.25, 0.3) is 16.6 Å². The average Bonchev–Trinajstić information content (AvgIpc) is 3.13. The van der Waals surface area contributed by atoms with Crippen LogP contribution in [0.4, 0.5) is 0 Å². The molecule has 0 atom stereocenters. The summed E-state index contributed by atoms with van der Waals surface area (Å²) in [6.45, 7) is 8.63. The highest BCUT2D eigenvalue weighted by molar-refractivity contribution is 7.99. The van der Waals surface area contributed by atoms with E-state index in [9.17, 15) is 9.59 Å². The molecular formula is C27H29N3O3S. The van der Waals surface area contributed by atoms with Gasteiger partial charge in [-0.25, -0.2) is 4.98 Å². The monoisotopic (exact) mass is 475 g/mol. The number of ketones is 1. The minimum Gasteiger partial charge on any atom is -0.497 e. The lowest BCUT2D eigenvalue weighted by Crippen LogP contribution is -2.25. The zero-order valence-corrected chi connectivity index (χ0v) is 21.0. The maximum absolute atomic E-state index is 13.2. The van der Waals surface area contributed by atoms with Gasteiger partial charge in [-0.3, -0.25) is 14.2 Å². The van der Waals surface area contributed by atoms with E-state index in [0.717, 1.165) is 22.8 Å². The molecule has 0 aliphatic carbocycles. The first kappa shape index (κ1) is 23.8. The molecule has 4 aromatic rings. The normalized spacial score (nSPS) is 11.4. The lowest BCUT2D eigenvalue weighted by atomic mass is 10.2. The minimum absolute atomic E-state index is 0.0105. The summed E-state index contributed by atoms with van der Waals surface area (Å²) >= 11 is 1.32. The van der Waals surface area contributed by atoms with Gasteiger partial charge in [0.2, 0.25) is 0 Å². The van der Waals surface area contributed by atoms with Gasteiger partial charge in [0.15, 0.2) is 10.9 Å². The van der Waals surface area contributed by atoms with Crippen LogP contribution in [-0.2, 0) is 6.54 Å². The van der Waals surface area contributed by atoms with Crippen molar-refractivity contribution >= 4 is 28.4 Å². The van der Waals surface area contributed by atoms with Crippen molar-refractivity contribution in [3.8, 4) is 11.4 Å². The van der Waals surface area contributed by atoms with Gasteiger partial charge in [0, 0.05) is 29.2 Å². The Morgan fingerprint density at radius 1 is 1.09 bits per heavy atom. The van der Waals surface area contributed by atoms with Crippen molar-refractivity contribution < 1.29 is 9.53 Å². The van der Waals surface area contributed by atoms with Crippen molar-refractivity contribution in [3.05, 3.63) is 81.9 Å². The number of fused-ring (bicyclic) bond motifs is 1. The van der Waals surface area contributed by atoms with Gasteiger partial charge >= 0.3 is 0 Å². The number of hydrogen-bond donors (Lipinski definition) is 0. The summed E-state index contributed by atoms with van der Waals surface area (Å²) in [5.41, 5.74) is 4.12. The topological polar surface area (TPSA) is 66.1 Å². The Bertz CT molecular complexity index is 1400. The van der Waals surface area contributed by atoms with Crippen LogP contribution >= 0.6 is 11.8 Å². The third-order valence-electron chi connectivity index (χ3n) is 5.77. The van der Waals surface area contributed by atoms with Gasteiger partial charge in [0.1, 0.15) is 5.75 Å². The Morgan fingerprint density at radius 2 is 1.79 bits per heavy atom. The zero-order chi connectivity index (χ0) is 24.4. The molecule has 176 valence electrons. The number of thioether (sulfide) groups is 1. The fraction of sp³-hybridized carbons (Fsp3) is 0.296. The first-order chi connectivity index (χ1) is 16.3. The standard InChI is InChI=1S/C27H29N3O3S/c1-17(2)15-29-26(32)22-8-6-7-9-24(22)28-27(29)34-16-25(31)23-14-18(3)30(19(23)4)20-10-12-21(33-5)13-11-20/h6-14,17H,15-16H2,1-5H3. The van der Waals surface area contributed by atoms with Crippen molar-refractivity contribution in [2.24, 2.45) is 5.92 Å². The fourth-order valence-corrected chi connectivity index (χ4v) is 5.06. The summed E-state index contributed by atoms with van der Waals surface area (Å²) in [7, 11) is 1.64. The molecule has 4 rings (SSSR count). The van der Waals surface area contributed by atoms with E-state index < -0.39 is 0 Å². The van der Waals surface area contributed by atoms with Crippen molar-refractivity contribution in [3.63, 3.8) is 0 Å². The van der Waals surface area contributed by atoms with Gasteiger partial charge in [-0.05, 0) is 62.2 Å². The van der Waals surface area contributed by atoms with Crippen molar-refractivity contribution in [1.82, 2.24) is 14.1 Å². The Balaban J connectivity index is 1.62. The van der Waals surface area contributed by atoms with E-state index in [1.165, 1.54) is 11.8 Å². The molecule has 2 heterocycles. The van der Waals surface area contributed by atoms with Crippen LogP contribution in [0.5, 0.6) is 5.75 Å². The first-order valence-corrected chi connectivity index (χ1v) is 12.3. The quantitative estimate of drug-likeness (QED) is 0.193. The molecule has 7 heteroatoms. The van der Waals surface area contributed by atoms with Crippen LogP contribution in [0.15, 0.2) is 64.5 Å². The predicted octanol–water partition coefficient (Wildman–Crippen LogP) is 5.44. The van der Waals surface area contributed by atoms with Crippen LogP contribution in [-0.4, -0.2) is 32.8 Å². The van der Waals surface area contributed by atoms with Gasteiger partial charge < -0.3 is 9.30 Å². The third-order valence-corrected chi connectivity index (χ3v) is 6.75. The largest absolute Gasteiger partial charge is 0.497 e. The number of ether oxygens (including phenoxy) is 1. The molecule has 6 nitrogen and oxygen atoms in total. The second kappa shape index (κ2) is 9.89. The summed E-state index contributed by atoms with van der Waals surface area (Å²) in [4.78, 5) is 31.1. The van der Waals surface area contributed by atoms with E-state index in [2.05, 4.69) is 18.4 Å². The highest BCUT2D eigenvalue weighted by atomic mass is 32.2. The Labute approximate surface area is 203 Å². The van der Waals surface area contributed by atoms with Crippen LogP contribution in [0.2, 0.25) is 0 Å². The summed E-state index contributed by atoms with van der Waals surface area (Å²) < 4.78 is 9.03. The van der Waals surface area contributed by atoms with E-state index in [1.54, 1.807) is 17.7 Å². The highest BCUT2D eigenvalue weighted by Gasteiger charge is 2.19. The van der Waals surface area contributed by atoms with E-state index in [-0.39, 0.29) is 23.0 Å². The summed E-state index contributed by atoms with van der Waals surface area (Å²) in [6, 6.07) is 17.1. The summed E-state index contributed by atoms with van der Waals surface area (Å²) in [5.74, 6) is 1.28. The number of benzene rings is 2. The number of aryl methyl sites for hydroxylation is 1. The molecule has 0 spiro atoms. The lowest BCUT2D eigenvalue weighted by molar-refractivity contribution is 0.102. The lowest BCUT2D eigenvalue weighted by Gasteiger charge is -2.14. The van der Waals surface area contributed by atoms with Gasteiger partial charge in [-0.15, -0.1) is 0 Å². The van der Waals surface area contributed by atoms with Gasteiger partial charge in [0.25, 0.3) is 5.56 Å². The van der Waals surface area contributed by atoms with Crippen molar-refractivity contribution in [2.45, 2.75) is 39.4 Å². The number of methoxy groups -OCH3 is 1. The molecule has 2 aromatic heterocycles. The second-order valence-corrected chi connectivity index (χ2v) is 9.69. The minimum atomic E-state index is -0.0630. The maximum Gasteiger partial charge on any atom is 0.262 e. The number of aromatic nitrogens is 3. The Kier molecular flexibility index (Phi) is 6.93. The van der Waals surface area contributed by atoms with Gasteiger partial charge in [-0.2, -0.15) is 0 Å². The number of rotatable bonds is 8. The van der Waals surface area contributed by atoms with Gasteiger partial charge in [0.05, 0.1) is 23.8 Å². The number of Topliss-reactive ketones (excluding diaryl/α,β-unsaturated/α-hetero) is 1. The number of nitrogens with zero attached hydrogens (tertiary/aromatic N) is 3. The molecule has 0 saturated carbocycles. The molecule has 0 amide bonds. The number of hydrogen-bond acceptors (Lipinski definition) is 5. The van der Waals surface area contributed by atoms with Crippen LogP contribution < -0.4 is 10.3 Å². The smallest absolute Gasteiger partial charge is 0.262 e. The second-order valence-electron chi connectivity index (χ2n) is 8.75. The van der Waals surface area contributed by atoms with E-state index in [1.807, 2.05) is 62.4 Å². The Hall–Kier alpha value is -3.32. The summed E-state index contributed by atoms with van der Waals surface area (Å²) in [5, 5.41) is 1.18. The fourth-order valence-electron chi connectivity index (χ4n) is 4.17. The highest BCUT2D eigenvalue weighted by Crippen LogP contribution is 2.25. The average molecular weight is 476 g/mol. The number of para-hydroxylation sites is 1. The van der Waals surface area contributed by atoms with E-state index in [0.29, 0.717) is 28.2 Å². The van der Waals surface area contributed by atoms with Crippen LogP contribution in [0.1, 0.15) is 35.6 Å². The molecular weight excluding hydrogens is 446 g/mol.